The molecular formula is C26H22FN5O3S. The molecule has 36 heavy (non-hydrogen) atoms. The highest BCUT2D eigenvalue weighted by Gasteiger charge is 2.20. The minimum absolute atomic E-state index is 0.0205. The second-order valence-electron chi connectivity index (χ2n) is 8.41. The molecule has 1 fully saturated rings. The summed E-state index contributed by atoms with van der Waals surface area (Å²) in [6.07, 6.45) is 2.11. The third-order valence-corrected chi connectivity index (χ3v) is 7.02. The number of nitro groups is 1. The molecule has 0 radical (unpaired) electrons. The van der Waals surface area contributed by atoms with Crippen molar-refractivity contribution in [3.8, 4) is 17.1 Å². The average molecular weight is 504 g/mol. The van der Waals surface area contributed by atoms with E-state index in [1.54, 1.807) is 28.8 Å². The van der Waals surface area contributed by atoms with E-state index in [-0.39, 0.29) is 17.4 Å². The van der Waals surface area contributed by atoms with Crippen LogP contribution in [-0.4, -0.2) is 43.6 Å². The normalized spacial score (nSPS) is 13.2. The number of likely N-dealkylation sites (tertiary alicyclic amines) is 1. The minimum Gasteiger partial charge on any atom is -0.339 e. The number of carbonyl (C=O) groups excluding carboxylic acids is 1. The zero-order valence-corrected chi connectivity index (χ0v) is 20.0. The van der Waals surface area contributed by atoms with Crippen LogP contribution in [0.2, 0.25) is 0 Å². The molecule has 3 aromatic carbocycles. The lowest BCUT2D eigenvalue weighted by Crippen LogP contribution is -2.27. The summed E-state index contributed by atoms with van der Waals surface area (Å²) in [6, 6.07) is 19.6. The van der Waals surface area contributed by atoms with Gasteiger partial charge in [0.1, 0.15) is 5.82 Å². The van der Waals surface area contributed by atoms with Gasteiger partial charge in [-0.2, -0.15) is 0 Å². The maximum atomic E-state index is 13.6. The number of aromatic nitrogens is 3. The minimum atomic E-state index is -0.459. The van der Waals surface area contributed by atoms with Crippen LogP contribution in [0.3, 0.4) is 0 Å². The number of rotatable bonds is 7. The molecule has 0 bridgehead atoms. The monoisotopic (exact) mass is 503 g/mol. The highest BCUT2D eigenvalue weighted by Crippen LogP contribution is 2.31. The van der Waals surface area contributed by atoms with Crippen LogP contribution in [0.5, 0.6) is 0 Å². The molecule has 8 nitrogen and oxygen atoms in total. The molecule has 0 atom stereocenters. The molecule has 0 saturated carbocycles. The maximum absolute atomic E-state index is 13.6. The number of nitro benzene ring substituents is 1. The summed E-state index contributed by atoms with van der Waals surface area (Å²) >= 11 is 1.45. The molecule has 0 N–H and O–H groups in total. The predicted molar refractivity (Wildman–Crippen MR) is 135 cm³/mol. The summed E-state index contributed by atoms with van der Waals surface area (Å²) in [5.41, 5.74) is 3.00. The molecular weight excluding hydrogens is 481 g/mol. The van der Waals surface area contributed by atoms with Crippen molar-refractivity contribution < 1.29 is 14.1 Å². The van der Waals surface area contributed by atoms with E-state index in [0.717, 1.165) is 31.5 Å². The highest BCUT2D eigenvalue weighted by molar-refractivity contribution is 7.98. The van der Waals surface area contributed by atoms with E-state index >= 15 is 0 Å². The Labute approximate surface area is 210 Å². The number of hydrogen-bond donors (Lipinski definition) is 0. The second-order valence-corrected chi connectivity index (χ2v) is 9.35. The van der Waals surface area contributed by atoms with E-state index in [1.807, 2.05) is 29.2 Å². The first kappa shape index (κ1) is 23.7. The lowest BCUT2D eigenvalue weighted by Gasteiger charge is -2.15. The van der Waals surface area contributed by atoms with Crippen LogP contribution < -0.4 is 0 Å². The first-order valence-corrected chi connectivity index (χ1v) is 12.5. The SMILES string of the molecule is O=C(c1ccc(CSc2nnc(-c3ccc([N+](=O)[O-])cc3)n2-c2ccc(F)cc2)cc1)N1CCCC1. The van der Waals surface area contributed by atoms with Crippen molar-refractivity contribution in [2.45, 2.75) is 23.8 Å². The van der Waals surface area contributed by atoms with Gasteiger partial charge in [-0.05, 0) is 66.9 Å². The molecule has 1 amide bonds. The van der Waals surface area contributed by atoms with Crippen molar-refractivity contribution in [2.75, 3.05) is 13.1 Å². The molecule has 182 valence electrons. The first-order valence-electron chi connectivity index (χ1n) is 11.5. The molecule has 1 saturated heterocycles. The van der Waals surface area contributed by atoms with Gasteiger partial charge >= 0.3 is 0 Å². The van der Waals surface area contributed by atoms with Crippen molar-refractivity contribution in [2.24, 2.45) is 0 Å². The van der Waals surface area contributed by atoms with Crippen LogP contribution in [0.4, 0.5) is 10.1 Å². The van der Waals surface area contributed by atoms with E-state index in [0.29, 0.717) is 33.5 Å². The Morgan fingerprint density at radius 1 is 0.944 bits per heavy atom. The summed E-state index contributed by atoms with van der Waals surface area (Å²) in [5.74, 6) is 0.778. The fraction of sp³-hybridized carbons (Fsp3) is 0.192. The van der Waals surface area contributed by atoms with Gasteiger partial charge in [0, 0.05) is 47.8 Å². The van der Waals surface area contributed by atoms with Crippen molar-refractivity contribution in [1.82, 2.24) is 19.7 Å². The third-order valence-electron chi connectivity index (χ3n) is 6.02. The lowest BCUT2D eigenvalue weighted by molar-refractivity contribution is -0.384. The largest absolute Gasteiger partial charge is 0.339 e. The molecule has 1 aromatic heterocycles. The number of benzene rings is 3. The molecule has 2 heterocycles. The van der Waals surface area contributed by atoms with Gasteiger partial charge in [0.15, 0.2) is 11.0 Å². The van der Waals surface area contributed by atoms with Gasteiger partial charge in [0.25, 0.3) is 11.6 Å². The quantitative estimate of drug-likeness (QED) is 0.188. The Morgan fingerprint density at radius 2 is 1.61 bits per heavy atom. The van der Waals surface area contributed by atoms with Crippen LogP contribution in [0.15, 0.2) is 78.0 Å². The molecule has 0 unspecified atom stereocenters. The second kappa shape index (κ2) is 10.3. The fourth-order valence-electron chi connectivity index (χ4n) is 4.10. The molecule has 1 aliphatic rings. The Morgan fingerprint density at radius 3 is 2.25 bits per heavy atom. The zero-order valence-electron chi connectivity index (χ0n) is 19.2. The van der Waals surface area contributed by atoms with Crippen molar-refractivity contribution in [3.63, 3.8) is 0 Å². The van der Waals surface area contributed by atoms with Gasteiger partial charge in [0.2, 0.25) is 0 Å². The van der Waals surface area contributed by atoms with E-state index in [4.69, 9.17) is 0 Å². The highest BCUT2D eigenvalue weighted by atomic mass is 32.2. The van der Waals surface area contributed by atoms with Crippen LogP contribution >= 0.6 is 11.8 Å². The molecule has 0 spiro atoms. The zero-order chi connectivity index (χ0) is 25.1. The van der Waals surface area contributed by atoms with E-state index < -0.39 is 4.92 Å². The summed E-state index contributed by atoms with van der Waals surface area (Å²) in [5, 5.41) is 20.3. The number of amides is 1. The Hall–Kier alpha value is -4.05. The molecule has 1 aliphatic heterocycles. The number of halogens is 1. The number of hydrogen-bond acceptors (Lipinski definition) is 6. The van der Waals surface area contributed by atoms with Crippen molar-refractivity contribution in [3.05, 3.63) is 99.9 Å². The molecule has 4 aromatic rings. The van der Waals surface area contributed by atoms with Gasteiger partial charge in [-0.3, -0.25) is 19.5 Å². The topological polar surface area (TPSA) is 94.2 Å². The van der Waals surface area contributed by atoms with Gasteiger partial charge in [-0.25, -0.2) is 4.39 Å². The first-order chi connectivity index (χ1) is 17.5. The standard InChI is InChI=1S/C26H22FN5O3S/c27-21-9-13-22(14-10-21)31-24(19-7-11-23(12-8-19)32(34)35)28-29-26(31)36-17-18-3-5-20(6-4-18)25(33)30-15-1-2-16-30/h3-14H,1-2,15-17H2. The fourth-order valence-corrected chi connectivity index (χ4v) is 5.01. The summed E-state index contributed by atoms with van der Waals surface area (Å²) in [7, 11) is 0. The van der Waals surface area contributed by atoms with E-state index in [2.05, 4.69) is 10.2 Å². The number of non-ortho nitro benzene ring substituents is 1. The van der Waals surface area contributed by atoms with Crippen LogP contribution in [0.25, 0.3) is 17.1 Å². The Bertz CT molecular complexity index is 1380. The third kappa shape index (κ3) is 4.99. The van der Waals surface area contributed by atoms with E-state index in [1.165, 1.54) is 36.0 Å². The maximum Gasteiger partial charge on any atom is 0.269 e. The predicted octanol–water partition coefficient (Wildman–Crippen LogP) is 5.51. The smallest absolute Gasteiger partial charge is 0.269 e. The van der Waals surface area contributed by atoms with Gasteiger partial charge < -0.3 is 4.90 Å². The van der Waals surface area contributed by atoms with Crippen LogP contribution in [-0.2, 0) is 5.75 Å². The van der Waals surface area contributed by atoms with Gasteiger partial charge in [-0.15, -0.1) is 10.2 Å². The lowest BCUT2D eigenvalue weighted by atomic mass is 10.1. The molecule has 10 heteroatoms. The number of thioether (sulfide) groups is 1. The van der Waals surface area contributed by atoms with Crippen LogP contribution in [0, 0.1) is 15.9 Å². The summed E-state index contributed by atoms with van der Waals surface area (Å²) < 4.78 is 15.4. The van der Waals surface area contributed by atoms with Gasteiger partial charge in [-0.1, -0.05) is 23.9 Å². The molecule has 5 rings (SSSR count). The molecule has 0 aliphatic carbocycles. The average Bonchev–Trinajstić information content (AvgIpc) is 3.59. The van der Waals surface area contributed by atoms with Crippen molar-refractivity contribution in [1.29, 1.82) is 0 Å². The summed E-state index contributed by atoms with van der Waals surface area (Å²) in [4.78, 5) is 25.0. The Kier molecular flexibility index (Phi) is 6.77. The Balaban J connectivity index is 1.39. The number of nitrogens with zero attached hydrogens (tertiary/aromatic N) is 5. The van der Waals surface area contributed by atoms with Crippen molar-refractivity contribution >= 4 is 23.4 Å². The van der Waals surface area contributed by atoms with Crippen LogP contribution in [0.1, 0.15) is 28.8 Å². The summed E-state index contributed by atoms with van der Waals surface area (Å²) in [6.45, 7) is 1.62. The van der Waals surface area contributed by atoms with E-state index in [9.17, 15) is 19.3 Å². The van der Waals surface area contributed by atoms with Gasteiger partial charge in [0.05, 0.1) is 4.92 Å². The number of carbonyl (C=O) groups is 1.